The number of hydrogen-bond acceptors (Lipinski definition) is 3. The second kappa shape index (κ2) is 6.22. The third-order valence-electron chi connectivity index (χ3n) is 4.26. The summed E-state index contributed by atoms with van der Waals surface area (Å²) < 4.78 is 5.01. The molecule has 2 rings (SSSR count). The quantitative estimate of drug-likeness (QED) is 0.710. The van der Waals surface area contributed by atoms with Crippen LogP contribution in [-0.2, 0) is 14.3 Å². The fourth-order valence-electron chi connectivity index (χ4n) is 3.36. The molecule has 0 aromatic carbocycles. The number of methoxy groups -OCH3 is 1. The van der Waals surface area contributed by atoms with Crippen LogP contribution in [0.4, 0.5) is 0 Å². The molecule has 4 atom stereocenters. The molecule has 2 bridgehead atoms. The standard InChI is InChI=1S/C15H21NO4/c1-3-6-16(7-8-20-2)14(17)12-10-4-5-11(9-10)13(12)15(18)19/h3-5,10-13H,1,6-9H2,2H3,(H,18,19)/t10?,11?,12-,13+/m0/s1. The lowest BCUT2D eigenvalue weighted by Crippen LogP contribution is -2.44. The normalized spacial score (nSPS) is 30.4. The molecule has 0 saturated heterocycles. The fraction of sp³-hybridized carbons (Fsp3) is 0.600. The molecule has 0 aromatic heterocycles. The summed E-state index contributed by atoms with van der Waals surface area (Å²) in [5.74, 6) is -1.94. The Hall–Kier alpha value is -1.62. The van der Waals surface area contributed by atoms with Crippen molar-refractivity contribution in [2.24, 2.45) is 23.7 Å². The van der Waals surface area contributed by atoms with Gasteiger partial charge < -0.3 is 14.7 Å². The van der Waals surface area contributed by atoms with Crippen molar-refractivity contribution in [1.82, 2.24) is 4.90 Å². The maximum atomic E-state index is 12.7. The fourth-order valence-corrected chi connectivity index (χ4v) is 3.36. The number of carbonyl (C=O) groups is 2. The van der Waals surface area contributed by atoms with Crippen LogP contribution in [0.1, 0.15) is 6.42 Å². The summed E-state index contributed by atoms with van der Waals surface area (Å²) in [6, 6.07) is 0. The number of carboxylic acid groups (broad SMARTS) is 1. The Balaban J connectivity index is 2.15. The van der Waals surface area contributed by atoms with Crippen LogP contribution in [0, 0.1) is 23.7 Å². The monoisotopic (exact) mass is 279 g/mol. The molecule has 1 fully saturated rings. The van der Waals surface area contributed by atoms with Crippen molar-refractivity contribution < 1.29 is 19.4 Å². The highest BCUT2D eigenvalue weighted by Gasteiger charge is 2.52. The minimum absolute atomic E-state index is 0.000503. The molecule has 20 heavy (non-hydrogen) atoms. The predicted molar refractivity (Wildman–Crippen MR) is 74.0 cm³/mol. The minimum atomic E-state index is -0.870. The van der Waals surface area contributed by atoms with E-state index in [0.29, 0.717) is 19.7 Å². The van der Waals surface area contributed by atoms with Gasteiger partial charge in [-0.05, 0) is 18.3 Å². The SMILES string of the molecule is C=CCN(CCOC)C(=O)[C@H]1C2C=CC(C2)[C@H]1C(=O)O. The molecule has 0 heterocycles. The van der Waals surface area contributed by atoms with Crippen LogP contribution >= 0.6 is 0 Å². The molecular formula is C15H21NO4. The van der Waals surface area contributed by atoms with Crippen LogP contribution in [-0.4, -0.2) is 48.7 Å². The number of ether oxygens (including phenoxy) is 1. The third kappa shape index (κ3) is 2.63. The van der Waals surface area contributed by atoms with Crippen LogP contribution in [0.5, 0.6) is 0 Å². The van der Waals surface area contributed by atoms with Gasteiger partial charge in [0.1, 0.15) is 0 Å². The van der Waals surface area contributed by atoms with Crippen molar-refractivity contribution in [2.45, 2.75) is 6.42 Å². The maximum Gasteiger partial charge on any atom is 0.307 e. The van der Waals surface area contributed by atoms with Crippen LogP contribution in [0.25, 0.3) is 0 Å². The van der Waals surface area contributed by atoms with Gasteiger partial charge in [-0.25, -0.2) is 0 Å². The van der Waals surface area contributed by atoms with Crippen LogP contribution < -0.4 is 0 Å². The topological polar surface area (TPSA) is 66.8 Å². The van der Waals surface area contributed by atoms with Crippen molar-refractivity contribution in [3.8, 4) is 0 Å². The van der Waals surface area contributed by atoms with Gasteiger partial charge in [0.05, 0.1) is 18.4 Å². The summed E-state index contributed by atoms with van der Waals surface area (Å²) in [6.07, 6.45) is 6.38. The smallest absolute Gasteiger partial charge is 0.307 e. The molecule has 2 aliphatic carbocycles. The van der Waals surface area contributed by atoms with Gasteiger partial charge in [0.2, 0.25) is 5.91 Å². The highest BCUT2D eigenvalue weighted by atomic mass is 16.5. The van der Waals surface area contributed by atoms with Gasteiger partial charge in [0.15, 0.2) is 0 Å². The summed E-state index contributed by atoms with van der Waals surface area (Å²) in [5.41, 5.74) is 0. The van der Waals surface area contributed by atoms with Gasteiger partial charge in [0.25, 0.3) is 0 Å². The van der Waals surface area contributed by atoms with E-state index in [1.165, 1.54) is 0 Å². The zero-order valence-electron chi connectivity index (χ0n) is 11.7. The lowest BCUT2D eigenvalue weighted by Gasteiger charge is -2.30. The van der Waals surface area contributed by atoms with Gasteiger partial charge >= 0.3 is 5.97 Å². The number of nitrogens with zero attached hydrogens (tertiary/aromatic N) is 1. The Kier molecular flexibility index (Phi) is 4.60. The second-order valence-corrected chi connectivity index (χ2v) is 5.40. The first-order chi connectivity index (χ1) is 9.60. The number of rotatable bonds is 7. The van der Waals surface area contributed by atoms with Crippen molar-refractivity contribution in [1.29, 1.82) is 0 Å². The van der Waals surface area contributed by atoms with Crippen molar-refractivity contribution in [3.63, 3.8) is 0 Å². The van der Waals surface area contributed by atoms with Crippen molar-refractivity contribution in [2.75, 3.05) is 26.8 Å². The molecule has 2 unspecified atom stereocenters. The first-order valence-corrected chi connectivity index (χ1v) is 6.90. The van der Waals surface area contributed by atoms with Crippen LogP contribution in [0.3, 0.4) is 0 Å². The van der Waals surface area contributed by atoms with E-state index in [2.05, 4.69) is 6.58 Å². The van der Waals surface area contributed by atoms with Gasteiger partial charge in [-0.3, -0.25) is 9.59 Å². The molecule has 0 spiro atoms. The van der Waals surface area contributed by atoms with E-state index in [0.717, 1.165) is 6.42 Å². The second-order valence-electron chi connectivity index (χ2n) is 5.40. The predicted octanol–water partition coefficient (Wildman–Crippen LogP) is 1.17. The first-order valence-electron chi connectivity index (χ1n) is 6.90. The molecule has 1 amide bonds. The molecule has 110 valence electrons. The number of amides is 1. The van der Waals surface area contributed by atoms with Crippen molar-refractivity contribution >= 4 is 11.9 Å². The lowest BCUT2D eigenvalue weighted by molar-refractivity contribution is -0.151. The van der Waals surface area contributed by atoms with E-state index >= 15 is 0 Å². The number of fused-ring (bicyclic) bond motifs is 2. The summed E-state index contributed by atoms with van der Waals surface area (Å²) >= 11 is 0. The zero-order valence-corrected chi connectivity index (χ0v) is 11.7. The average molecular weight is 279 g/mol. The molecule has 5 nitrogen and oxygen atoms in total. The summed E-state index contributed by atoms with van der Waals surface area (Å²) in [4.78, 5) is 25.8. The van der Waals surface area contributed by atoms with Gasteiger partial charge in [-0.15, -0.1) is 6.58 Å². The molecule has 1 saturated carbocycles. The van der Waals surface area contributed by atoms with E-state index in [9.17, 15) is 14.7 Å². The zero-order chi connectivity index (χ0) is 14.7. The van der Waals surface area contributed by atoms with E-state index in [1.54, 1.807) is 18.1 Å². The van der Waals surface area contributed by atoms with E-state index in [1.807, 2.05) is 12.2 Å². The van der Waals surface area contributed by atoms with Crippen LogP contribution in [0.2, 0.25) is 0 Å². The van der Waals surface area contributed by atoms with Crippen molar-refractivity contribution in [3.05, 3.63) is 24.8 Å². The molecule has 1 N–H and O–H groups in total. The highest BCUT2D eigenvalue weighted by Crippen LogP contribution is 2.48. The summed E-state index contributed by atoms with van der Waals surface area (Å²) in [6.45, 7) is 4.98. The average Bonchev–Trinajstić information content (AvgIpc) is 3.02. The maximum absolute atomic E-state index is 12.7. The molecule has 5 heteroatoms. The number of hydrogen-bond donors (Lipinski definition) is 1. The molecule has 0 radical (unpaired) electrons. The molecule has 0 aromatic rings. The van der Waals surface area contributed by atoms with Gasteiger partial charge in [0, 0.05) is 20.2 Å². The van der Waals surface area contributed by atoms with E-state index in [4.69, 9.17) is 4.74 Å². The Morgan fingerprint density at radius 1 is 1.40 bits per heavy atom. The van der Waals surface area contributed by atoms with E-state index < -0.39 is 17.8 Å². The largest absolute Gasteiger partial charge is 0.481 e. The van der Waals surface area contributed by atoms with Crippen LogP contribution in [0.15, 0.2) is 24.8 Å². The van der Waals surface area contributed by atoms with Gasteiger partial charge in [-0.1, -0.05) is 18.2 Å². The molecule has 0 aliphatic heterocycles. The van der Waals surface area contributed by atoms with E-state index in [-0.39, 0.29) is 17.7 Å². The Morgan fingerprint density at radius 2 is 2.05 bits per heavy atom. The Bertz CT molecular complexity index is 432. The Labute approximate surface area is 118 Å². The highest BCUT2D eigenvalue weighted by molar-refractivity contribution is 5.87. The number of carbonyl (C=O) groups excluding carboxylic acids is 1. The summed E-state index contributed by atoms with van der Waals surface area (Å²) in [5, 5.41) is 9.39. The summed E-state index contributed by atoms with van der Waals surface area (Å²) in [7, 11) is 1.58. The molecular weight excluding hydrogens is 258 g/mol. The minimum Gasteiger partial charge on any atom is -0.481 e. The first kappa shape index (κ1) is 14.8. The van der Waals surface area contributed by atoms with Gasteiger partial charge in [-0.2, -0.15) is 0 Å². The number of allylic oxidation sites excluding steroid dienone is 2. The lowest BCUT2D eigenvalue weighted by atomic mass is 9.82. The Morgan fingerprint density at radius 3 is 2.60 bits per heavy atom. The third-order valence-corrected chi connectivity index (χ3v) is 4.26. The molecule has 2 aliphatic rings. The number of carboxylic acids is 1. The number of aliphatic carboxylic acids is 1.